The van der Waals surface area contributed by atoms with Crippen molar-refractivity contribution in [1.82, 2.24) is 5.32 Å². The molecule has 1 aromatic rings. The molecular formula is C16H24ClN3O6. The molecule has 0 aliphatic carbocycles. The summed E-state index contributed by atoms with van der Waals surface area (Å²) >= 11 is 0. The number of hydrogen-bond donors (Lipinski definition) is 4. The maximum Gasteiger partial charge on any atom is 0.326 e. The van der Waals surface area contributed by atoms with Crippen molar-refractivity contribution >= 4 is 30.0 Å². The lowest BCUT2D eigenvalue weighted by atomic mass is 10.00. The number of non-ortho nitro benzene ring substituents is 1. The Morgan fingerprint density at radius 3 is 2.23 bits per heavy atom. The van der Waals surface area contributed by atoms with Gasteiger partial charge in [-0.3, -0.25) is 14.9 Å². The Balaban J connectivity index is 0.00000625. The zero-order valence-electron chi connectivity index (χ0n) is 14.5. The lowest BCUT2D eigenvalue weighted by Crippen LogP contribution is -2.52. The van der Waals surface area contributed by atoms with Gasteiger partial charge in [-0.1, -0.05) is 26.0 Å². The van der Waals surface area contributed by atoms with E-state index >= 15 is 0 Å². The van der Waals surface area contributed by atoms with Gasteiger partial charge in [-0.25, -0.2) is 4.79 Å². The molecule has 146 valence electrons. The van der Waals surface area contributed by atoms with Crippen LogP contribution in [0.3, 0.4) is 0 Å². The average Bonchev–Trinajstić information content (AvgIpc) is 2.53. The van der Waals surface area contributed by atoms with Crippen molar-refractivity contribution < 1.29 is 24.7 Å². The number of carboxylic acid groups (broad SMARTS) is 1. The van der Waals surface area contributed by atoms with Crippen LogP contribution in [0.4, 0.5) is 5.69 Å². The highest BCUT2D eigenvalue weighted by molar-refractivity contribution is 5.86. The number of nitrogens with one attached hydrogen (secondary N) is 1. The molecule has 1 amide bonds. The van der Waals surface area contributed by atoms with E-state index < -0.39 is 35.0 Å². The lowest BCUT2D eigenvalue weighted by Gasteiger charge is -2.22. The fraction of sp³-hybridized carbons (Fsp3) is 0.500. The van der Waals surface area contributed by atoms with Crippen LogP contribution in [0.15, 0.2) is 24.3 Å². The molecule has 0 aliphatic rings. The molecule has 0 radical (unpaired) electrons. The molecule has 0 aliphatic heterocycles. The van der Waals surface area contributed by atoms with E-state index in [1.54, 1.807) is 0 Å². The maximum atomic E-state index is 12.0. The predicted octanol–water partition coefficient (Wildman–Crippen LogP) is 0.863. The standard InChI is InChI=1S/C16H23N3O6.ClH/c1-9(2)7-13(16(22)23)18-15(21)14(20)12(17)8-10-3-5-11(6-4-10)19(24)25;/h3-6,9,12-14,20H,7-8,17H2,1-2H3,(H,18,21)(H,22,23);1H/t12-,13+,14+;/m1./s1. The van der Waals surface area contributed by atoms with Crippen LogP contribution in [0.25, 0.3) is 0 Å². The van der Waals surface area contributed by atoms with Gasteiger partial charge in [0.2, 0.25) is 0 Å². The van der Waals surface area contributed by atoms with E-state index in [0.29, 0.717) is 5.56 Å². The number of nitrogens with two attached hydrogens (primary N) is 1. The minimum absolute atomic E-state index is 0. The fourth-order valence-electron chi connectivity index (χ4n) is 2.28. The number of carbonyl (C=O) groups is 2. The third-order valence-corrected chi connectivity index (χ3v) is 3.61. The van der Waals surface area contributed by atoms with E-state index in [-0.39, 0.29) is 36.9 Å². The van der Waals surface area contributed by atoms with Crippen LogP contribution in [0.5, 0.6) is 0 Å². The summed E-state index contributed by atoms with van der Waals surface area (Å²) in [5.74, 6) is -1.99. The number of aliphatic carboxylic acids is 1. The molecule has 10 heteroatoms. The Morgan fingerprint density at radius 2 is 1.81 bits per heavy atom. The monoisotopic (exact) mass is 389 g/mol. The highest BCUT2D eigenvalue weighted by atomic mass is 35.5. The van der Waals surface area contributed by atoms with E-state index in [1.807, 2.05) is 13.8 Å². The second kappa shape index (κ2) is 10.7. The van der Waals surface area contributed by atoms with E-state index in [1.165, 1.54) is 24.3 Å². The molecule has 0 bridgehead atoms. The van der Waals surface area contributed by atoms with Gasteiger partial charge < -0.3 is 21.3 Å². The predicted molar refractivity (Wildman–Crippen MR) is 97.1 cm³/mol. The highest BCUT2D eigenvalue weighted by Crippen LogP contribution is 2.14. The highest BCUT2D eigenvalue weighted by Gasteiger charge is 2.28. The molecule has 26 heavy (non-hydrogen) atoms. The molecule has 0 unspecified atom stereocenters. The number of aliphatic hydroxyl groups is 1. The molecule has 0 spiro atoms. The SMILES string of the molecule is CC(C)C[C@H](NC(=O)[C@@H](O)[C@H](N)Cc1ccc([N+](=O)[O-])cc1)C(=O)O.Cl. The third-order valence-electron chi connectivity index (χ3n) is 3.61. The number of carboxylic acids is 1. The van der Waals surface area contributed by atoms with E-state index in [2.05, 4.69) is 5.32 Å². The van der Waals surface area contributed by atoms with Crippen molar-refractivity contribution in [2.45, 2.75) is 44.9 Å². The first-order valence-electron chi connectivity index (χ1n) is 7.82. The molecule has 0 saturated carbocycles. The van der Waals surface area contributed by atoms with Gasteiger partial charge in [-0.2, -0.15) is 0 Å². The van der Waals surface area contributed by atoms with Crippen LogP contribution in [0.2, 0.25) is 0 Å². The number of benzene rings is 1. The Morgan fingerprint density at radius 1 is 1.27 bits per heavy atom. The summed E-state index contributed by atoms with van der Waals surface area (Å²) in [4.78, 5) is 33.2. The van der Waals surface area contributed by atoms with Crippen molar-refractivity contribution in [3.05, 3.63) is 39.9 Å². The molecule has 5 N–H and O–H groups in total. The smallest absolute Gasteiger partial charge is 0.326 e. The first-order valence-corrected chi connectivity index (χ1v) is 7.82. The van der Waals surface area contributed by atoms with Crippen molar-refractivity contribution in [2.24, 2.45) is 11.7 Å². The van der Waals surface area contributed by atoms with Crippen LogP contribution in [0, 0.1) is 16.0 Å². The average molecular weight is 390 g/mol. The summed E-state index contributed by atoms with van der Waals surface area (Å²) in [6.45, 7) is 3.64. The van der Waals surface area contributed by atoms with Gasteiger partial charge in [0.05, 0.1) is 4.92 Å². The minimum Gasteiger partial charge on any atom is -0.480 e. The second-order valence-corrected chi connectivity index (χ2v) is 6.27. The lowest BCUT2D eigenvalue weighted by molar-refractivity contribution is -0.384. The topological polar surface area (TPSA) is 156 Å². The zero-order chi connectivity index (χ0) is 19.1. The number of rotatable bonds is 9. The van der Waals surface area contributed by atoms with Crippen molar-refractivity contribution in [3.8, 4) is 0 Å². The molecule has 0 fully saturated rings. The van der Waals surface area contributed by atoms with Crippen molar-refractivity contribution in [1.29, 1.82) is 0 Å². The number of aliphatic hydroxyl groups excluding tert-OH is 1. The van der Waals surface area contributed by atoms with Crippen molar-refractivity contribution in [3.63, 3.8) is 0 Å². The van der Waals surface area contributed by atoms with Gasteiger partial charge in [-0.05, 0) is 24.3 Å². The first kappa shape index (κ1) is 23.8. The van der Waals surface area contributed by atoms with Gasteiger partial charge in [-0.15, -0.1) is 12.4 Å². The Labute approximate surface area is 157 Å². The third kappa shape index (κ3) is 7.34. The minimum atomic E-state index is -1.59. The molecule has 9 nitrogen and oxygen atoms in total. The summed E-state index contributed by atoms with van der Waals surface area (Å²) in [7, 11) is 0. The van der Waals surface area contributed by atoms with E-state index in [0.717, 1.165) is 0 Å². The van der Waals surface area contributed by atoms with Crippen LogP contribution >= 0.6 is 12.4 Å². The quantitative estimate of drug-likeness (QED) is 0.360. The maximum absolute atomic E-state index is 12.0. The van der Waals surface area contributed by atoms with Crippen LogP contribution in [-0.2, 0) is 16.0 Å². The number of halogens is 1. The first-order chi connectivity index (χ1) is 11.6. The summed E-state index contributed by atoms with van der Waals surface area (Å²) in [5, 5.41) is 32.0. The number of nitrogens with zero attached hydrogens (tertiary/aromatic N) is 1. The number of nitro benzene ring substituents is 1. The fourth-order valence-corrected chi connectivity index (χ4v) is 2.28. The van der Waals surface area contributed by atoms with Gasteiger partial charge in [0.15, 0.2) is 0 Å². The molecule has 0 saturated heterocycles. The Kier molecular flexibility index (Phi) is 9.77. The summed E-state index contributed by atoms with van der Waals surface area (Å²) < 4.78 is 0. The summed E-state index contributed by atoms with van der Waals surface area (Å²) in [6, 6.07) is 3.50. The van der Waals surface area contributed by atoms with E-state index in [9.17, 15) is 24.8 Å². The molecular weight excluding hydrogens is 366 g/mol. The zero-order valence-corrected chi connectivity index (χ0v) is 15.3. The van der Waals surface area contributed by atoms with Crippen molar-refractivity contribution in [2.75, 3.05) is 0 Å². The Bertz CT molecular complexity index is 623. The van der Waals surface area contributed by atoms with E-state index in [4.69, 9.17) is 10.8 Å². The van der Waals surface area contributed by atoms with Gasteiger partial charge in [0, 0.05) is 18.2 Å². The van der Waals surface area contributed by atoms with Crippen LogP contribution in [-0.4, -0.2) is 45.2 Å². The summed E-state index contributed by atoms with van der Waals surface area (Å²) in [5.41, 5.74) is 6.35. The van der Waals surface area contributed by atoms with Gasteiger partial charge >= 0.3 is 5.97 Å². The molecule has 1 rings (SSSR count). The summed E-state index contributed by atoms with van der Waals surface area (Å²) in [6.07, 6.45) is -1.26. The number of hydrogen-bond acceptors (Lipinski definition) is 6. The molecule has 0 heterocycles. The molecule has 3 atom stereocenters. The number of amides is 1. The number of carbonyl (C=O) groups excluding carboxylic acids is 1. The van der Waals surface area contributed by atoms with Crippen LogP contribution in [0.1, 0.15) is 25.8 Å². The Hall–Kier alpha value is -2.23. The van der Waals surface area contributed by atoms with Gasteiger partial charge in [0.25, 0.3) is 11.6 Å². The molecule has 1 aromatic carbocycles. The normalized spacial score (nSPS) is 14.0. The largest absolute Gasteiger partial charge is 0.480 e. The number of nitro groups is 1. The second-order valence-electron chi connectivity index (χ2n) is 6.27. The molecule has 0 aromatic heterocycles. The van der Waals surface area contributed by atoms with Gasteiger partial charge in [0.1, 0.15) is 12.1 Å². The van der Waals surface area contributed by atoms with Crippen LogP contribution < -0.4 is 11.1 Å².